The molecule has 1 aromatic heterocycles. The van der Waals surface area contributed by atoms with E-state index in [0.29, 0.717) is 11.4 Å². The van der Waals surface area contributed by atoms with E-state index in [1.165, 1.54) is 6.92 Å². The molecule has 2 rings (SSSR count). The topological polar surface area (TPSA) is 80.0 Å². The Morgan fingerprint density at radius 2 is 2.25 bits per heavy atom. The summed E-state index contributed by atoms with van der Waals surface area (Å²) in [5, 5.41) is 20.1. The Kier molecular flexibility index (Phi) is 4.47. The van der Waals surface area contributed by atoms with Gasteiger partial charge in [0.15, 0.2) is 0 Å². The summed E-state index contributed by atoms with van der Waals surface area (Å²) in [5.41, 5.74) is 3.01. The highest BCUT2D eigenvalue weighted by molar-refractivity contribution is 5.88. The lowest BCUT2D eigenvalue weighted by atomic mass is 10.2. The van der Waals surface area contributed by atoms with Crippen molar-refractivity contribution in [2.75, 3.05) is 5.32 Å². The first kappa shape index (κ1) is 14.2. The molecule has 1 amide bonds. The molecule has 0 unspecified atom stereocenters. The van der Waals surface area contributed by atoms with Gasteiger partial charge in [0, 0.05) is 12.6 Å². The molecular formula is C14H18N4O2. The molecule has 2 N–H and O–H groups in total. The summed E-state index contributed by atoms with van der Waals surface area (Å²) in [7, 11) is 0. The summed E-state index contributed by atoms with van der Waals surface area (Å²) in [6.45, 7) is 3.40. The van der Waals surface area contributed by atoms with Gasteiger partial charge in [0.1, 0.15) is 5.69 Å². The van der Waals surface area contributed by atoms with Gasteiger partial charge in [-0.05, 0) is 24.6 Å². The molecule has 0 aliphatic heterocycles. The highest BCUT2D eigenvalue weighted by Crippen LogP contribution is 2.18. The van der Waals surface area contributed by atoms with Gasteiger partial charge in [-0.15, -0.1) is 5.10 Å². The smallest absolute Gasteiger partial charge is 0.221 e. The minimum Gasteiger partial charge on any atom is -0.390 e. The first-order valence-corrected chi connectivity index (χ1v) is 6.58. The average Bonchev–Trinajstić information content (AvgIpc) is 2.82. The van der Waals surface area contributed by atoms with Crippen LogP contribution in [0.15, 0.2) is 24.3 Å². The number of hydrogen-bond donors (Lipinski definition) is 2. The van der Waals surface area contributed by atoms with Crippen LogP contribution in [0.4, 0.5) is 5.69 Å². The van der Waals surface area contributed by atoms with Crippen LogP contribution in [0.5, 0.6) is 0 Å². The molecule has 6 heteroatoms. The van der Waals surface area contributed by atoms with Gasteiger partial charge in [0.2, 0.25) is 5.91 Å². The van der Waals surface area contributed by atoms with Crippen molar-refractivity contribution >= 4 is 11.6 Å². The third kappa shape index (κ3) is 3.03. The van der Waals surface area contributed by atoms with E-state index in [4.69, 9.17) is 0 Å². The SMILES string of the molecule is CCCc1c(CO)nnn1-c1cccc(NC(C)=O)c1. The number of nitrogens with one attached hydrogen (secondary N) is 1. The van der Waals surface area contributed by atoms with Crippen molar-refractivity contribution in [1.82, 2.24) is 15.0 Å². The number of hydrogen-bond acceptors (Lipinski definition) is 4. The number of nitrogens with zero attached hydrogens (tertiary/aromatic N) is 3. The standard InChI is InChI=1S/C14H18N4O2/c1-3-5-14-13(9-19)16-17-18(14)12-7-4-6-11(8-12)15-10(2)20/h4,6-8,19H,3,5,9H2,1-2H3,(H,15,20). The first-order chi connectivity index (χ1) is 9.65. The Hall–Kier alpha value is -2.21. The van der Waals surface area contributed by atoms with E-state index in [0.717, 1.165) is 24.2 Å². The Labute approximate surface area is 117 Å². The number of aliphatic hydroxyl groups is 1. The number of aromatic nitrogens is 3. The highest BCUT2D eigenvalue weighted by Gasteiger charge is 2.13. The van der Waals surface area contributed by atoms with Gasteiger partial charge in [-0.3, -0.25) is 4.79 Å². The molecule has 2 aromatic rings. The van der Waals surface area contributed by atoms with Crippen molar-refractivity contribution in [3.05, 3.63) is 35.7 Å². The van der Waals surface area contributed by atoms with Gasteiger partial charge in [-0.1, -0.05) is 24.6 Å². The molecule has 1 aromatic carbocycles. The number of carbonyl (C=O) groups excluding carboxylic acids is 1. The molecule has 0 radical (unpaired) electrons. The maximum absolute atomic E-state index is 11.1. The van der Waals surface area contributed by atoms with Gasteiger partial charge in [-0.25, -0.2) is 4.68 Å². The van der Waals surface area contributed by atoms with Gasteiger partial charge < -0.3 is 10.4 Å². The lowest BCUT2D eigenvalue weighted by Gasteiger charge is -2.08. The van der Waals surface area contributed by atoms with Gasteiger partial charge in [0.05, 0.1) is 18.0 Å². The molecule has 1 heterocycles. The molecule has 0 aliphatic rings. The van der Waals surface area contributed by atoms with E-state index in [1.807, 2.05) is 24.3 Å². The monoisotopic (exact) mass is 274 g/mol. The maximum Gasteiger partial charge on any atom is 0.221 e. The number of benzene rings is 1. The van der Waals surface area contributed by atoms with Crippen molar-refractivity contribution in [2.45, 2.75) is 33.3 Å². The Balaban J connectivity index is 2.40. The molecule has 0 saturated heterocycles. The van der Waals surface area contributed by atoms with E-state index in [-0.39, 0.29) is 12.5 Å². The van der Waals surface area contributed by atoms with Gasteiger partial charge in [-0.2, -0.15) is 0 Å². The van der Waals surface area contributed by atoms with Crippen LogP contribution in [-0.4, -0.2) is 26.0 Å². The van der Waals surface area contributed by atoms with Crippen LogP contribution < -0.4 is 5.32 Å². The molecule has 0 bridgehead atoms. The summed E-state index contributed by atoms with van der Waals surface area (Å²) < 4.78 is 1.71. The van der Waals surface area contributed by atoms with Crippen LogP contribution in [-0.2, 0) is 17.8 Å². The van der Waals surface area contributed by atoms with Gasteiger partial charge in [0.25, 0.3) is 0 Å². The lowest BCUT2D eigenvalue weighted by Crippen LogP contribution is -2.08. The lowest BCUT2D eigenvalue weighted by molar-refractivity contribution is -0.114. The maximum atomic E-state index is 11.1. The van der Waals surface area contributed by atoms with E-state index < -0.39 is 0 Å². The minimum absolute atomic E-state index is 0.120. The Bertz CT molecular complexity index is 607. The van der Waals surface area contributed by atoms with E-state index in [9.17, 15) is 9.90 Å². The van der Waals surface area contributed by atoms with Crippen LogP contribution in [0.25, 0.3) is 5.69 Å². The van der Waals surface area contributed by atoms with Crippen molar-refractivity contribution in [1.29, 1.82) is 0 Å². The van der Waals surface area contributed by atoms with Crippen LogP contribution in [0.1, 0.15) is 31.7 Å². The molecule has 0 aliphatic carbocycles. The van der Waals surface area contributed by atoms with Crippen LogP contribution >= 0.6 is 0 Å². The number of rotatable bonds is 5. The summed E-state index contributed by atoms with van der Waals surface area (Å²) in [4.78, 5) is 11.1. The molecule has 0 spiro atoms. The fourth-order valence-corrected chi connectivity index (χ4v) is 2.07. The number of anilines is 1. The fourth-order valence-electron chi connectivity index (χ4n) is 2.07. The second kappa shape index (κ2) is 6.29. The van der Waals surface area contributed by atoms with E-state index in [2.05, 4.69) is 22.6 Å². The fraction of sp³-hybridized carbons (Fsp3) is 0.357. The predicted octanol–water partition coefficient (Wildman–Crippen LogP) is 1.67. The zero-order chi connectivity index (χ0) is 14.5. The average molecular weight is 274 g/mol. The Morgan fingerprint density at radius 3 is 2.90 bits per heavy atom. The molecule has 0 atom stereocenters. The van der Waals surface area contributed by atoms with Crippen molar-refractivity contribution < 1.29 is 9.90 Å². The molecule has 20 heavy (non-hydrogen) atoms. The zero-order valence-corrected chi connectivity index (χ0v) is 11.6. The molecule has 106 valence electrons. The third-order valence-electron chi connectivity index (χ3n) is 2.89. The van der Waals surface area contributed by atoms with Crippen molar-refractivity contribution in [3.63, 3.8) is 0 Å². The molecule has 6 nitrogen and oxygen atoms in total. The van der Waals surface area contributed by atoms with Crippen LogP contribution in [0.2, 0.25) is 0 Å². The summed E-state index contributed by atoms with van der Waals surface area (Å²) >= 11 is 0. The van der Waals surface area contributed by atoms with Crippen molar-refractivity contribution in [2.24, 2.45) is 0 Å². The van der Waals surface area contributed by atoms with Crippen LogP contribution in [0, 0.1) is 0 Å². The van der Waals surface area contributed by atoms with E-state index in [1.54, 1.807) is 4.68 Å². The third-order valence-corrected chi connectivity index (χ3v) is 2.89. The predicted molar refractivity (Wildman–Crippen MR) is 75.6 cm³/mol. The van der Waals surface area contributed by atoms with Crippen LogP contribution in [0.3, 0.4) is 0 Å². The molecular weight excluding hydrogens is 256 g/mol. The first-order valence-electron chi connectivity index (χ1n) is 6.58. The molecule has 0 saturated carbocycles. The summed E-state index contributed by atoms with van der Waals surface area (Å²) in [6.07, 6.45) is 1.72. The molecule has 0 fully saturated rings. The normalized spacial score (nSPS) is 10.6. The van der Waals surface area contributed by atoms with Gasteiger partial charge >= 0.3 is 0 Å². The van der Waals surface area contributed by atoms with Crippen molar-refractivity contribution in [3.8, 4) is 5.69 Å². The quantitative estimate of drug-likeness (QED) is 0.869. The second-order valence-electron chi connectivity index (χ2n) is 4.53. The highest BCUT2D eigenvalue weighted by atomic mass is 16.3. The Morgan fingerprint density at radius 1 is 1.45 bits per heavy atom. The summed E-state index contributed by atoms with van der Waals surface area (Å²) in [5.74, 6) is -0.120. The largest absolute Gasteiger partial charge is 0.390 e. The number of amides is 1. The number of aliphatic hydroxyl groups excluding tert-OH is 1. The zero-order valence-electron chi connectivity index (χ0n) is 11.6. The minimum atomic E-state index is -0.124. The second-order valence-corrected chi connectivity index (χ2v) is 4.53. The number of carbonyl (C=O) groups is 1. The summed E-state index contributed by atoms with van der Waals surface area (Å²) in [6, 6.07) is 7.38. The van der Waals surface area contributed by atoms with E-state index >= 15 is 0 Å².